The van der Waals surface area contributed by atoms with Crippen LogP contribution in [0.5, 0.6) is 0 Å². The molecule has 0 bridgehead atoms. The van der Waals surface area contributed by atoms with Gasteiger partial charge in [0, 0.05) is 47.8 Å². The number of rotatable bonds is 3. The van der Waals surface area contributed by atoms with Crippen molar-refractivity contribution in [1.29, 1.82) is 0 Å². The number of benzene rings is 1. The Labute approximate surface area is 121 Å². The van der Waals surface area contributed by atoms with E-state index in [0.717, 1.165) is 28.7 Å². The summed E-state index contributed by atoms with van der Waals surface area (Å²) >= 11 is 0. The van der Waals surface area contributed by atoms with Crippen LogP contribution in [0.15, 0.2) is 61.2 Å². The molecule has 0 radical (unpaired) electrons. The van der Waals surface area contributed by atoms with Crippen molar-refractivity contribution in [3.05, 3.63) is 66.7 Å². The lowest BCUT2D eigenvalue weighted by Gasteiger charge is -2.09. The zero-order valence-corrected chi connectivity index (χ0v) is 11.4. The number of anilines is 1. The van der Waals surface area contributed by atoms with Crippen LogP contribution in [-0.4, -0.2) is 15.0 Å². The first-order valence-corrected chi connectivity index (χ1v) is 6.89. The lowest BCUT2D eigenvalue weighted by Crippen LogP contribution is -1.99. The maximum Gasteiger partial charge on any atom is 0.137 e. The van der Waals surface area contributed by atoms with Crippen molar-refractivity contribution < 1.29 is 0 Å². The first-order valence-electron chi connectivity index (χ1n) is 6.89. The Kier molecular flexibility index (Phi) is 2.78. The SMILES string of the molecule is c1cc(NCc2c[nH]c3ncccc23)c2cnccc2c1. The molecule has 0 aliphatic carbocycles. The third-order valence-electron chi connectivity index (χ3n) is 3.69. The molecule has 0 aliphatic heterocycles. The fourth-order valence-corrected chi connectivity index (χ4v) is 2.62. The molecule has 2 N–H and O–H groups in total. The first-order chi connectivity index (χ1) is 10.4. The van der Waals surface area contributed by atoms with Gasteiger partial charge in [-0.15, -0.1) is 0 Å². The molecule has 3 aromatic heterocycles. The fraction of sp³-hybridized carbons (Fsp3) is 0.0588. The van der Waals surface area contributed by atoms with Gasteiger partial charge in [0.25, 0.3) is 0 Å². The van der Waals surface area contributed by atoms with Crippen molar-refractivity contribution in [2.75, 3.05) is 5.32 Å². The second kappa shape index (κ2) is 4.90. The highest BCUT2D eigenvalue weighted by Crippen LogP contribution is 2.23. The highest BCUT2D eigenvalue weighted by atomic mass is 14.9. The molecule has 0 unspecified atom stereocenters. The average Bonchev–Trinajstić information content (AvgIpc) is 2.96. The quantitative estimate of drug-likeness (QED) is 0.598. The Bertz CT molecular complexity index is 905. The summed E-state index contributed by atoms with van der Waals surface area (Å²) in [5.74, 6) is 0. The molecule has 0 spiro atoms. The number of H-pyrrole nitrogens is 1. The number of aromatic amines is 1. The van der Waals surface area contributed by atoms with Gasteiger partial charge in [-0.05, 0) is 35.2 Å². The van der Waals surface area contributed by atoms with E-state index in [4.69, 9.17) is 0 Å². The van der Waals surface area contributed by atoms with Gasteiger partial charge in [0.15, 0.2) is 0 Å². The van der Waals surface area contributed by atoms with E-state index in [-0.39, 0.29) is 0 Å². The van der Waals surface area contributed by atoms with Crippen LogP contribution < -0.4 is 5.32 Å². The van der Waals surface area contributed by atoms with Crippen LogP contribution in [0.25, 0.3) is 21.8 Å². The van der Waals surface area contributed by atoms with E-state index in [2.05, 4.69) is 44.5 Å². The molecule has 4 aromatic rings. The summed E-state index contributed by atoms with van der Waals surface area (Å²) in [6.07, 6.45) is 7.52. The summed E-state index contributed by atoms with van der Waals surface area (Å²) < 4.78 is 0. The summed E-state index contributed by atoms with van der Waals surface area (Å²) in [5, 5.41) is 6.98. The Balaban J connectivity index is 1.67. The smallest absolute Gasteiger partial charge is 0.137 e. The number of aromatic nitrogens is 3. The molecule has 1 aromatic carbocycles. The van der Waals surface area contributed by atoms with Crippen LogP contribution in [0, 0.1) is 0 Å². The lowest BCUT2D eigenvalue weighted by atomic mass is 10.1. The van der Waals surface area contributed by atoms with Crippen molar-refractivity contribution in [2.45, 2.75) is 6.54 Å². The normalized spacial score (nSPS) is 11.0. The Morgan fingerprint density at radius 1 is 1.00 bits per heavy atom. The van der Waals surface area contributed by atoms with Crippen LogP contribution in [0.2, 0.25) is 0 Å². The standard InChI is InChI=1S/C17H14N4/c1-3-12-6-8-18-11-15(12)16(5-1)20-9-13-10-21-17-14(13)4-2-7-19-17/h1-8,10-11,20H,9H2,(H,19,21). The van der Waals surface area contributed by atoms with E-state index in [1.165, 1.54) is 10.9 Å². The summed E-state index contributed by atoms with van der Waals surface area (Å²) in [6.45, 7) is 0.750. The fourth-order valence-electron chi connectivity index (χ4n) is 2.62. The molecule has 4 rings (SSSR count). The molecule has 21 heavy (non-hydrogen) atoms. The Morgan fingerprint density at radius 2 is 2.00 bits per heavy atom. The summed E-state index contributed by atoms with van der Waals surface area (Å²) in [4.78, 5) is 11.7. The van der Waals surface area contributed by atoms with Crippen LogP contribution in [0.3, 0.4) is 0 Å². The summed E-state index contributed by atoms with van der Waals surface area (Å²) in [5.41, 5.74) is 3.23. The van der Waals surface area contributed by atoms with Crippen LogP contribution in [-0.2, 0) is 6.54 Å². The molecule has 0 saturated heterocycles. The first kappa shape index (κ1) is 11.9. The monoisotopic (exact) mass is 274 g/mol. The highest BCUT2D eigenvalue weighted by molar-refractivity contribution is 5.93. The molecule has 0 atom stereocenters. The summed E-state index contributed by atoms with van der Waals surface area (Å²) in [6, 6.07) is 12.3. The van der Waals surface area contributed by atoms with Gasteiger partial charge in [0.1, 0.15) is 5.65 Å². The number of pyridine rings is 2. The zero-order chi connectivity index (χ0) is 14.1. The van der Waals surface area contributed by atoms with Crippen molar-refractivity contribution in [3.63, 3.8) is 0 Å². The molecule has 4 heteroatoms. The van der Waals surface area contributed by atoms with E-state index in [1.807, 2.05) is 30.7 Å². The zero-order valence-electron chi connectivity index (χ0n) is 11.4. The highest BCUT2D eigenvalue weighted by Gasteiger charge is 2.05. The van der Waals surface area contributed by atoms with Gasteiger partial charge < -0.3 is 10.3 Å². The number of nitrogens with one attached hydrogen (secondary N) is 2. The molecule has 0 fully saturated rings. The van der Waals surface area contributed by atoms with Gasteiger partial charge in [-0.2, -0.15) is 0 Å². The van der Waals surface area contributed by atoms with Gasteiger partial charge in [-0.1, -0.05) is 12.1 Å². The maximum absolute atomic E-state index is 4.31. The predicted molar refractivity (Wildman–Crippen MR) is 85.2 cm³/mol. The van der Waals surface area contributed by atoms with Crippen LogP contribution >= 0.6 is 0 Å². The lowest BCUT2D eigenvalue weighted by molar-refractivity contribution is 1.17. The van der Waals surface area contributed by atoms with E-state index in [9.17, 15) is 0 Å². The molecule has 102 valence electrons. The molecular formula is C17H14N4. The van der Waals surface area contributed by atoms with Gasteiger partial charge in [-0.3, -0.25) is 4.98 Å². The molecular weight excluding hydrogens is 260 g/mol. The third-order valence-corrected chi connectivity index (χ3v) is 3.69. The van der Waals surface area contributed by atoms with Crippen LogP contribution in [0.4, 0.5) is 5.69 Å². The predicted octanol–water partition coefficient (Wildman–Crippen LogP) is 3.72. The molecule has 0 saturated carbocycles. The number of fused-ring (bicyclic) bond motifs is 2. The van der Waals surface area contributed by atoms with Crippen molar-refractivity contribution >= 4 is 27.5 Å². The molecule has 3 heterocycles. The minimum Gasteiger partial charge on any atom is -0.380 e. The van der Waals surface area contributed by atoms with Gasteiger partial charge in [0.2, 0.25) is 0 Å². The Hall–Kier alpha value is -2.88. The maximum atomic E-state index is 4.31. The Morgan fingerprint density at radius 3 is 3.00 bits per heavy atom. The molecule has 4 nitrogen and oxygen atoms in total. The number of hydrogen-bond acceptors (Lipinski definition) is 3. The van der Waals surface area contributed by atoms with E-state index in [1.54, 1.807) is 6.20 Å². The largest absolute Gasteiger partial charge is 0.380 e. The second-order valence-electron chi connectivity index (χ2n) is 4.97. The minimum absolute atomic E-state index is 0.750. The van der Waals surface area contributed by atoms with Crippen molar-refractivity contribution in [2.24, 2.45) is 0 Å². The van der Waals surface area contributed by atoms with Crippen LogP contribution in [0.1, 0.15) is 5.56 Å². The topological polar surface area (TPSA) is 53.6 Å². The van der Waals surface area contributed by atoms with Gasteiger partial charge in [-0.25, -0.2) is 4.98 Å². The second-order valence-corrected chi connectivity index (χ2v) is 4.97. The van der Waals surface area contributed by atoms with Crippen molar-refractivity contribution in [3.8, 4) is 0 Å². The van der Waals surface area contributed by atoms with E-state index in [0.29, 0.717) is 0 Å². The molecule has 0 amide bonds. The van der Waals surface area contributed by atoms with E-state index >= 15 is 0 Å². The van der Waals surface area contributed by atoms with Crippen molar-refractivity contribution in [1.82, 2.24) is 15.0 Å². The number of nitrogens with zero attached hydrogens (tertiary/aromatic N) is 2. The van der Waals surface area contributed by atoms with Gasteiger partial charge in [0.05, 0.1) is 0 Å². The third kappa shape index (κ3) is 2.10. The average molecular weight is 274 g/mol. The number of hydrogen-bond donors (Lipinski definition) is 2. The molecule has 0 aliphatic rings. The van der Waals surface area contributed by atoms with Gasteiger partial charge >= 0.3 is 0 Å². The summed E-state index contributed by atoms with van der Waals surface area (Å²) in [7, 11) is 0. The minimum atomic E-state index is 0.750. The van der Waals surface area contributed by atoms with E-state index < -0.39 is 0 Å².